The minimum atomic E-state index is -0.0102. The van der Waals surface area contributed by atoms with Gasteiger partial charge in [0.1, 0.15) is 0 Å². The summed E-state index contributed by atoms with van der Waals surface area (Å²) in [5.41, 5.74) is 10.6. The first-order valence-corrected chi connectivity index (χ1v) is 7.79. The Labute approximate surface area is 126 Å². The van der Waals surface area contributed by atoms with Gasteiger partial charge >= 0.3 is 0 Å². The molecule has 110 valence electrons. The highest BCUT2D eigenvalue weighted by Crippen LogP contribution is 2.39. The van der Waals surface area contributed by atoms with Crippen molar-refractivity contribution >= 4 is 0 Å². The zero-order chi connectivity index (χ0) is 14.7. The average Bonchev–Trinajstić information content (AvgIpc) is 2.51. The molecule has 0 bridgehead atoms. The molecule has 0 amide bonds. The van der Waals surface area contributed by atoms with Crippen LogP contribution in [0.15, 0.2) is 54.6 Å². The van der Waals surface area contributed by atoms with Crippen molar-refractivity contribution in [3.8, 4) is 0 Å². The SMILES string of the molecule is CCOC(c1ccccc1)C(N)CC1Cc2ccccc21. The van der Waals surface area contributed by atoms with Crippen LogP contribution in [0.1, 0.15) is 42.1 Å². The standard InChI is InChI=1S/C19H23NO/c1-2-21-19(14-8-4-3-5-9-14)18(20)13-16-12-15-10-6-7-11-17(15)16/h3-11,16,18-19H,2,12-13,20H2,1H3. The van der Waals surface area contributed by atoms with Crippen molar-refractivity contribution in [2.75, 3.05) is 6.61 Å². The Bertz CT molecular complexity index is 581. The monoisotopic (exact) mass is 281 g/mol. The van der Waals surface area contributed by atoms with Gasteiger partial charge in [-0.25, -0.2) is 0 Å². The van der Waals surface area contributed by atoms with E-state index < -0.39 is 0 Å². The molecule has 3 unspecified atom stereocenters. The molecule has 3 atom stereocenters. The van der Waals surface area contributed by atoms with Crippen LogP contribution in [0.4, 0.5) is 0 Å². The fourth-order valence-electron chi connectivity index (χ4n) is 3.31. The predicted octanol–water partition coefficient (Wildman–Crippen LogP) is 3.82. The fourth-order valence-corrected chi connectivity index (χ4v) is 3.31. The number of hydrogen-bond acceptors (Lipinski definition) is 2. The normalized spacial score (nSPS) is 19.4. The molecular formula is C19H23NO. The van der Waals surface area contributed by atoms with Gasteiger partial charge in [-0.15, -0.1) is 0 Å². The molecule has 0 aliphatic heterocycles. The van der Waals surface area contributed by atoms with Gasteiger partial charge in [0, 0.05) is 12.6 Å². The number of rotatable bonds is 6. The minimum Gasteiger partial charge on any atom is -0.372 e. The van der Waals surface area contributed by atoms with Crippen LogP contribution < -0.4 is 5.73 Å². The Balaban J connectivity index is 1.70. The second-order valence-electron chi connectivity index (χ2n) is 5.79. The second-order valence-corrected chi connectivity index (χ2v) is 5.79. The van der Waals surface area contributed by atoms with Crippen LogP contribution in [0.2, 0.25) is 0 Å². The Kier molecular flexibility index (Phi) is 4.37. The van der Waals surface area contributed by atoms with Gasteiger partial charge in [0.05, 0.1) is 6.10 Å². The Morgan fingerprint density at radius 2 is 1.81 bits per heavy atom. The van der Waals surface area contributed by atoms with Crippen molar-refractivity contribution in [2.45, 2.75) is 37.8 Å². The molecule has 2 N–H and O–H groups in total. The molecule has 1 aliphatic rings. The molecular weight excluding hydrogens is 258 g/mol. The molecule has 3 rings (SSSR count). The summed E-state index contributed by atoms with van der Waals surface area (Å²) >= 11 is 0. The zero-order valence-electron chi connectivity index (χ0n) is 12.5. The third kappa shape index (κ3) is 3.02. The van der Waals surface area contributed by atoms with Gasteiger partial charge in [0.15, 0.2) is 0 Å². The van der Waals surface area contributed by atoms with Crippen LogP contribution in [0.5, 0.6) is 0 Å². The second kappa shape index (κ2) is 6.42. The molecule has 2 nitrogen and oxygen atoms in total. The quantitative estimate of drug-likeness (QED) is 0.873. The lowest BCUT2D eigenvalue weighted by molar-refractivity contribution is 0.0389. The van der Waals surface area contributed by atoms with Gasteiger partial charge in [-0.05, 0) is 42.4 Å². The number of fused-ring (bicyclic) bond motifs is 1. The third-order valence-electron chi connectivity index (χ3n) is 4.38. The van der Waals surface area contributed by atoms with Crippen LogP contribution in [-0.2, 0) is 11.2 Å². The first kappa shape index (κ1) is 14.3. The highest BCUT2D eigenvalue weighted by molar-refractivity contribution is 5.40. The summed E-state index contributed by atoms with van der Waals surface area (Å²) in [7, 11) is 0. The highest BCUT2D eigenvalue weighted by Gasteiger charge is 2.30. The minimum absolute atomic E-state index is 0.0102. The van der Waals surface area contributed by atoms with Gasteiger partial charge in [0.2, 0.25) is 0 Å². The van der Waals surface area contributed by atoms with Crippen molar-refractivity contribution in [3.05, 3.63) is 71.3 Å². The van der Waals surface area contributed by atoms with E-state index in [4.69, 9.17) is 10.5 Å². The number of benzene rings is 2. The highest BCUT2D eigenvalue weighted by atomic mass is 16.5. The molecule has 0 heterocycles. The van der Waals surface area contributed by atoms with Crippen molar-refractivity contribution in [1.29, 1.82) is 0 Å². The lowest BCUT2D eigenvalue weighted by Gasteiger charge is -2.34. The summed E-state index contributed by atoms with van der Waals surface area (Å²) in [4.78, 5) is 0. The molecule has 0 saturated heterocycles. The van der Waals surface area contributed by atoms with E-state index in [1.165, 1.54) is 16.7 Å². The number of hydrogen-bond donors (Lipinski definition) is 1. The zero-order valence-corrected chi connectivity index (χ0v) is 12.5. The van der Waals surface area contributed by atoms with Gasteiger partial charge in [-0.1, -0.05) is 54.6 Å². The smallest absolute Gasteiger partial charge is 0.0975 e. The molecule has 2 aromatic rings. The maximum Gasteiger partial charge on any atom is 0.0975 e. The topological polar surface area (TPSA) is 35.2 Å². The third-order valence-corrected chi connectivity index (χ3v) is 4.38. The van der Waals surface area contributed by atoms with E-state index in [-0.39, 0.29) is 12.1 Å². The van der Waals surface area contributed by atoms with Crippen LogP contribution >= 0.6 is 0 Å². The average molecular weight is 281 g/mol. The van der Waals surface area contributed by atoms with E-state index in [1.54, 1.807) is 0 Å². The molecule has 0 radical (unpaired) electrons. The molecule has 0 fully saturated rings. The van der Waals surface area contributed by atoms with E-state index >= 15 is 0 Å². The van der Waals surface area contributed by atoms with E-state index in [2.05, 4.69) is 36.4 Å². The lowest BCUT2D eigenvalue weighted by atomic mass is 9.73. The Hall–Kier alpha value is -1.64. The number of nitrogens with two attached hydrogens (primary N) is 1. The Morgan fingerprint density at radius 3 is 2.52 bits per heavy atom. The van der Waals surface area contributed by atoms with Gasteiger partial charge in [-0.2, -0.15) is 0 Å². The van der Waals surface area contributed by atoms with Crippen molar-refractivity contribution in [2.24, 2.45) is 5.73 Å². The molecule has 2 aromatic carbocycles. The van der Waals surface area contributed by atoms with E-state index in [0.717, 1.165) is 12.8 Å². The summed E-state index contributed by atoms with van der Waals surface area (Å²) in [6.07, 6.45) is 2.12. The molecule has 2 heteroatoms. The van der Waals surface area contributed by atoms with Gasteiger partial charge in [-0.3, -0.25) is 0 Å². The molecule has 0 saturated carbocycles. The molecule has 1 aliphatic carbocycles. The van der Waals surface area contributed by atoms with Crippen LogP contribution in [0.25, 0.3) is 0 Å². The first-order chi connectivity index (χ1) is 10.3. The summed E-state index contributed by atoms with van der Waals surface area (Å²) < 4.78 is 5.92. The maximum absolute atomic E-state index is 6.48. The molecule has 0 spiro atoms. The van der Waals surface area contributed by atoms with E-state index in [9.17, 15) is 0 Å². The van der Waals surface area contributed by atoms with Crippen molar-refractivity contribution in [3.63, 3.8) is 0 Å². The Morgan fingerprint density at radius 1 is 1.10 bits per heavy atom. The largest absolute Gasteiger partial charge is 0.372 e. The first-order valence-electron chi connectivity index (χ1n) is 7.79. The maximum atomic E-state index is 6.48. The summed E-state index contributed by atoms with van der Waals surface area (Å²) in [6.45, 7) is 2.72. The molecule has 21 heavy (non-hydrogen) atoms. The predicted molar refractivity (Wildman–Crippen MR) is 86.3 cm³/mol. The van der Waals surface area contributed by atoms with Crippen LogP contribution in [-0.4, -0.2) is 12.6 Å². The van der Waals surface area contributed by atoms with Crippen molar-refractivity contribution < 1.29 is 4.74 Å². The molecule has 0 aromatic heterocycles. The summed E-state index contributed by atoms with van der Waals surface area (Å²) in [5, 5.41) is 0. The van der Waals surface area contributed by atoms with E-state index in [1.807, 2.05) is 25.1 Å². The van der Waals surface area contributed by atoms with Gasteiger partial charge in [0.25, 0.3) is 0 Å². The summed E-state index contributed by atoms with van der Waals surface area (Å²) in [6, 6.07) is 19.0. The fraction of sp³-hybridized carbons (Fsp3) is 0.368. The van der Waals surface area contributed by atoms with E-state index in [0.29, 0.717) is 12.5 Å². The number of ether oxygens (including phenoxy) is 1. The van der Waals surface area contributed by atoms with Gasteiger partial charge < -0.3 is 10.5 Å². The van der Waals surface area contributed by atoms with Crippen molar-refractivity contribution in [1.82, 2.24) is 0 Å². The summed E-state index contributed by atoms with van der Waals surface area (Å²) in [5.74, 6) is 0.586. The van der Waals surface area contributed by atoms with Crippen LogP contribution in [0.3, 0.4) is 0 Å². The van der Waals surface area contributed by atoms with Crippen LogP contribution in [0, 0.1) is 0 Å². The lowest BCUT2D eigenvalue weighted by Crippen LogP contribution is -2.34.